The van der Waals surface area contributed by atoms with Crippen LogP contribution in [0.15, 0.2) is 24.3 Å². The molecule has 2 aliphatic rings. The Bertz CT molecular complexity index is 854. The lowest BCUT2D eigenvalue weighted by Gasteiger charge is -2.43. The van der Waals surface area contributed by atoms with E-state index < -0.39 is 9.84 Å². The van der Waals surface area contributed by atoms with Crippen molar-refractivity contribution in [1.82, 2.24) is 4.90 Å². The van der Waals surface area contributed by atoms with Gasteiger partial charge in [-0.1, -0.05) is 26.0 Å². The number of likely N-dealkylation sites (tertiary alicyclic amines) is 1. The lowest BCUT2D eigenvalue weighted by molar-refractivity contribution is -0.131. The van der Waals surface area contributed by atoms with Crippen LogP contribution in [0.3, 0.4) is 0 Å². The Morgan fingerprint density at radius 1 is 1.09 bits per heavy atom. The molecule has 0 aliphatic carbocycles. The third-order valence-electron chi connectivity index (χ3n) is 7.35. The third-order valence-corrected chi connectivity index (χ3v) is 9.72. The van der Waals surface area contributed by atoms with Gasteiger partial charge in [0, 0.05) is 31.9 Å². The molecule has 0 unspecified atom stereocenters. The van der Waals surface area contributed by atoms with Gasteiger partial charge in [-0.2, -0.15) is 0 Å². The first-order valence-electron chi connectivity index (χ1n) is 12.1. The van der Waals surface area contributed by atoms with Crippen molar-refractivity contribution < 1.29 is 17.9 Å². The van der Waals surface area contributed by atoms with E-state index in [0.29, 0.717) is 19.5 Å². The van der Waals surface area contributed by atoms with Gasteiger partial charge in [-0.15, -0.1) is 0 Å². The molecular weight excluding hydrogens is 424 g/mol. The first-order valence-corrected chi connectivity index (χ1v) is 13.9. The Balaban J connectivity index is 1.51. The van der Waals surface area contributed by atoms with Crippen molar-refractivity contribution in [1.29, 1.82) is 0 Å². The molecule has 2 saturated heterocycles. The monoisotopic (exact) mass is 464 g/mol. The lowest BCUT2D eigenvalue weighted by Crippen LogP contribution is -2.51. The first kappa shape index (κ1) is 25.0. The summed E-state index contributed by atoms with van der Waals surface area (Å²) in [7, 11) is -3.02. The van der Waals surface area contributed by atoms with Crippen molar-refractivity contribution in [2.75, 3.05) is 43.4 Å². The Morgan fingerprint density at radius 2 is 1.72 bits per heavy atom. The van der Waals surface area contributed by atoms with Gasteiger partial charge in [0.1, 0.15) is 0 Å². The van der Waals surface area contributed by atoms with E-state index in [1.807, 2.05) is 4.90 Å². The van der Waals surface area contributed by atoms with E-state index in [1.54, 1.807) is 13.8 Å². The van der Waals surface area contributed by atoms with Gasteiger partial charge in [-0.05, 0) is 63.1 Å². The van der Waals surface area contributed by atoms with Crippen LogP contribution in [0.25, 0.3) is 0 Å². The predicted molar refractivity (Wildman–Crippen MR) is 130 cm³/mol. The van der Waals surface area contributed by atoms with E-state index in [1.165, 1.54) is 5.69 Å². The average Bonchev–Trinajstić information content (AvgIpc) is 2.79. The standard InChI is InChI=1S/C25H40N2O4S/c1-5-25(6-2)19-27(15-16-31-25)23-9-7-21(8-10-23)17-24(28)26-13-11-22(12-14-26)18-32(29,30)20(3)4/h7-10,20,22H,5-6,11-19H2,1-4H3. The van der Waals surface area contributed by atoms with Crippen molar-refractivity contribution in [2.45, 2.75) is 70.7 Å². The fraction of sp³-hybridized carbons (Fsp3) is 0.720. The van der Waals surface area contributed by atoms with E-state index in [0.717, 1.165) is 50.9 Å². The Labute approximate surface area is 194 Å². The number of ether oxygens (including phenoxy) is 1. The molecule has 0 spiro atoms. The van der Waals surface area contributed by atoms with Crippen LogP contribution in [0.1, 0.15) is 58.9 Å². The molecule has 1 amide bonds. The molecule has 2 fully saturated rings. The van der Waals surface area contributed by atoms with Gasteiger partial charge in [-0.25, -0.2) is 8.42 Å². The highest BCUT2D eigenvalue weighted by molar-refractivity contribution is 7.91. The molecular formula is C25H40N2O4S. The second kappa shape index (κ2) is 10.6. The molecule has 0 atom stereocenters. The van der Waals surface area contributed by atoms with Crippen LogP contribution in [0.5, 0.6) is 0 Å². The molecule has 0 aromatic heterocycles. The second-order valence-corrected chi connectivity index (χ2v) is 12.3. The van der Waals surface area contributed by atoms with Crippen molar-refractivity contribution in [2.24, 2.45) is 5.92 Å². The summed E-state index contributed by atoms with van der Waals surface area (Å²) in [5.74, 6) is 0.537. The maximum Gasteiger partial charge on any atom is 0.226 e. The molecule has 6 nitrogen and oxygen atoms in total. The largest absolute Gasteiger partial charge is 0.371 e. The number of morpholine rings is 1. The summed E-state index contributed by atoms with van der Waals surface area (Å²) in [6.07, 6.45) is 3.94. The van der Waals surface area contributed by atoms with E-state index in [2.05, 4.69) is 43.0 Å². The van der Waals surface area contributed by atoms with Crippen LogP contribution in [-0.4, -0.2) is 68.6 Å². The van der Waals surface area contributed by atoms with Gasteiger partial charge in [-0.3, -0.25) is 4.79 Å². The minimum absolute atomic E-state index is 0.0620. The topological polar surface area (TPSA) is 66.9 Å². The number of benzene rings is 1. The normalized spacial score (nSPS) is 20.0. The zero-order valence-electron chi connectivity index (χ0n) is 20.2. The Hall–Kier alpha value is -1.60. The van der Waals surface area contributed by atoms with Crippen LogP contribution in [0, 0.1) is 5.92 Å². The molecule has 1 aromatic carbocycles. The molecule has 180 valence electrons. The molecule has 32 heavy (non-hydrogen) atoms. The highest BCUT2D eigenvalue weighted by Gasteiger charge is 2.33. The van der Waals surface area contributed by atoms with E-state index in [9.17, 15) is 13.2 Å². The highest BCUT2D eigenvalue weighted by Crippen LogP contribution is 2.29. The number of carbonyl (C=O) groups is 1. The van der Waals surface area contributed by atoms with Crippen molar-refractivity contribution in [3.05, 3.63) is 29.8 Å². The molecule has 2 aliphatic heterocycles. The quantitative estimate of drug-likeness (QED) is 0.587. The molecule has 0 N–H and O–H groups in total. The smallest absolute Gasteiger partial charge is 0.226 e. The number of sulfone groups is 1. The molecule has 2 heterocycles. The van der Waals surface area contributed by atoms with Crippen LogP contribution >= 0.6 is 0 Å². The SMILES string of the molecule is CCC1(CC)CN(c2ccc(CC(=O)N3CCC(CS(=O)(=O)C(C)C)CC3)cc2)CCO1. The molecule has 7 heteroatoms. The molecule has 0 radical (unpaired) electrons. The zero-order chi connectivity index (χ0) is 23.4. The number of piperidine rings is 1. The van der Waals surface area contributed by atoms with Crippen LogP contribution in [0.2, 0.25) is 0 Å². The van der Waals surface area contributed by atoms with Gasteiger partial charge in [0.2, 0.25) is 5.91 Å². The van der Waals surface area contributed by atoms with Crippen LogP contribution in [-0.2, 0) is 25.8 Å². The summed E-state index contributed by atoms with van der Waals surface area (Å²) >= 11 is 0. The van der Waals surface area contributed by atoms with Crippen molar-refractivity contribution in [3.8, 4) is 0 Å². The van der Waals surface area contributed by atoms with Gasteiger partial charge < -0.3 is 14.5 Å². The fourth-order valence-corrected chi connectivity index (χ4v) is 6.10. The zero-order valence-corrected chi connectivity index (χ0v) is 21.0. The first-order chi connectivity index (χ1) is 15.2. The maximum atomic E-state index is 12.8. The average molecular weight is 465 g/mol. The minimum Gasteiger partial charge on any atom is -0.371 e. The summed E-state index contributed by atoms with van der Waals surface area (Å²) in [6.45, 7) is 11.7. The summed E-state index contributed by atoms with van der Waals surface area (Å²) in [5.41, 5.74) is 2.14. The third kappa shape index (κ3) is 6.04. The Kier molecular flexibility index (Phi) is 8.26. The van der Waals surface area contributed by atoms with Crippen LogP contribution < -0.4 is 4.90 Å². The van der Waals surface area contributed by atoms with Crippen molar-refractivity contribution in [3.63, 3.8) is 0 Å². The maximum absolute atomic E-state index is 12.8. The molecule has 3 rings (SSSR count). The van der Waals surface area contributed by atoms with E-state index in [-0.39, 0.29) is 28.4 Å². The number of hydrogen-bond acceptors (Lipinski definition) is 5. The fourth-order valence-electron chi connectivity index (χ4n) is 4.72. The van der Waals surface area contributed by atoms with Gasteiger partial charge in [0.15, 0.2) is 9.84 Å². The lowest BCUT2D eigenvalue weighted by atomic mass is 9.94. The highest BCUT2D eigenvalue weighted by atomic mass is 32.2. The van der Waals surface area contributed by atoms with Gasteiger partial charge >= 0.3 is 0 Å². The summed E-state index contributed by atoms with van der Waals surface area (Å²) in [6, 6.07) is 8.36. The molecule has 0 bridgehead atoms. The second-order valence-electron chi connectivity index (χ2n) is 9.71. The molecule has 1 aromatic rings. The van der Waals surface area contributed by atoms with Gasteiger partial charge in [0.05, 0.1) is 29.6 Å². The Morgan fingerprint density at radius 3 is 2.28 bits per heavy atom. The number of rotatable bonds is 8. The molecule has 0 saturated carbocycles. The predicted octanol–water partition coefficient (Wildman–Crippen LogP) is 3.69. The number of carbonyl (C=O) groups excluding carboxylic acids is 1. The van der Waals surface area contributed by atoms with E-state index >= 15 is 0 Å². The van der Waals surface area contributed by atoms with Gasteiger partial charge in [0.25, 0.3) is 0 Å². The van der Waals surface area contributed by atoms with Crippen molar-refractivity contribution >= 4 is 21.4 Å². The summed E-state index contributed by atoms with van der Waals surface area (Å²) in [5, 5.41) is -0.331. The number of anilines is 1. The van der Waals surface area contributed by atoms with Crippen LogP contribution in [0.4, 0.5) is 5.69 Å². The summed E-state index contributed by atoms with van der Waals surface area (Å²) in [4.78, 5) is 17.1. The number of amides is 1. The number of nitrogens with zero attached hydrogens (tertiary/aromatic N) is 2. The number of hydrogen-bond donors (Lipinski definition) is 0. The van der Waals surface area contributed by atoms with E-state index in [4.69, 9.17) is 4.74 Å². The summed E-state index contributed by atoms with van der Waals surface area (Å²) < 4.78 is 30.4. The minimum atomic E-state index is -3.02.